The zero-order valence-corrected chi connectivity index (χ0v) is 9.72. The number of nitrogens with one attached hydrogen (secondary N) is 1. The first-order valence-electron chi connectivity index (χ1n) is 5.50. The molecule has 3 nitrogen and oxygen atoms in total. The second-order valence-corrected chi connectivity index (χ2v) is 5.16. The Balaban J connectivity index is 2.80. The second-order valence-electron chi connectivity index (χ2n) is 5.16. The average molecular weight is 209 g/mol. The van der Waals surface area contributed by atoms with Crippen LogP contribution in [-0.4, -0.2) is 17.3 Å². The van der Waals surface area contributed by atoms with Gasteiger partial charge in [0.25, 0.3) is 0 Å². The third kappa shape index (κ3) is 2.74. The Morgan fingerprint density at radius 1 is 1.47 bits per heavy atom. The lowest BCUT2D eigenvalue weighted by Gasteiger charge is -2.33. The second kappa shape index (κ2) is 4.25. The van der Waals surface area contributed by atoms with Gasteiger partial charge in [-0.3, -0.25) is 9.59 Å². The van der Waals surface area contributed by atoms with Gasteiger partial charge in [-0.05, 0) is 18.3 Å². The number of ketones is 2. The van der Waals surface area contributed by atoms with Crippen LogP contribution in [0.2, 0.25) is 0 Å². The van der Waals surface area contributed by atoms with Gasteiger partial charge in [-0.2, -0.15) is 0 Å². The molecule has 0 aromatic heterocycles. The molecule has 1 atom stereocenters. The summed E-state index contributed by atoms with van der Waals surface area (Å²) >= 11 is 0. The van der Waals surface area contributed by atoms with Crippen molar-refractivity contribution in [2.24, 2.45) is 11.3 Å². The molecule has 0 aromatic carbocycles. The summed E-state index contributed by atoms with van der Waals surface area (Å²) in [6.07, 6.45) is 2.16. The largest absolute Gasteiger partial charge is 0.308 e. The van der Waals surface area contributed by atoms with E-state index in [2.05, 4.69) is 0 Å². The zero-order chi connectivity index (χ0) is 11.6. The van der Waals surface area contributed by atoms with Gasteiger partial charge in [0, 0.05) is 18.6 Å². The molecule has 0 spiro atoms. The predicted octanol–water partition coefficient (Wildman–Crippen LogP) is 2.38. The van der Waals surface area contributed by atoms with Crippen molar-refractivity contribution in [2.45, 2.75) is 46.5 Å². The molecule has 1 fully saturated rings. The summed E-state index contributed by atoms with van der Waals surface area (Å²) in [4.78, 5) is 23.4. The summed E-state index contributed by atoms with van der Waals surface area (Å²) in [6, 6.07) is 0. The SMILES string of the molecule is CCCC(=O)[C@H]1C(=N)CC(C)(C)CC1=O. The lowest BCUT2D eigenvalue weighted by molar-refractivity contribution is -0.132. The maximum Gasteiger partial charge on any atom is 0.149 e. The van der Waals surface area contributed by atoms with E-state index in [1.807, 2.05) is 20.8 Å². The summed E-state index contributed by atoms with van der Waals surface area (Å²) in [5.74, 6) is -0.851. The zero-order valence-electron chi connectivity index (χ0n) is 9.72. The highest BCUT2D eigenvalue weighted by Gasteiger charge is 2.40. The highest BCUT2D eigenvalue weighted by molar-refractivity contribution is 6.21. The van der Waals surface area contributed by atoms with E-state index in [9.17, 15) is 9.59 Å². The summed E-state index contributed by atoms with van der Waals surface area (Å²) in [5, 5.41) is 7.80. The molecule has 0 heterocycles. The molecule has 0 aliphatic heterocycles. The quantitative estimate of drug-likeness (QED) is 0.725. The van der Waals surface area contributed by atoms with E-state index in [-0.39, 0.29) is 17.0 Å². The third-order valence-electron chi connectivity index (χ3n) is 2.81. The van der Waals surface area contributed by atoms with Gasteiger partial charge < -0.3 is 5.41 Å². The van der Waals surface area contributed by atoms with Crippen molar-refractivity contribution < 1.29 is 9.59 Å². The summed E-state index contributed by atoms with van der Waals surface area (Å²) in [7, 11) is 0. The first-order chi connectivity index (χ1) is 6.87. The molecule has 15 heavy (non-hydrogen) atoms. The fourth-order valence-electron chi connectivity index (χ4n) is 2.21. The Labute approximate surface area is 90.8 Å². The van der Waals surface area contributed by atoms with Gasteiger partial charge in [0.2, 0.25) is 0 Å². The number of rotatable bonds is 3. The van der Waals surface area contributed by atoms with Crippen LogP contribution in [0.1, 0.15) is 46.5 Å². The van der Waals surface area contributed by atoms with E-state index in [4.69, 9.17) is 5.41 Å². The molecular weight excluding hydrogens is 190 g/mol. The van der Waals surface area contributed by atoms with Crippen molar-refractivity contribution in [1.82, 2.24) is 0 Å². The smallest absolute Gasteiger partial charge is 0.149 e. The van der Waals surface area contributed by atoms with Gasteiger partial charge in [-0.15, -0.1) is 0 Å². The van der Waals surface area contributed by atoms with Crippen LogP contribution in [-0.2, 0) is 9.59 Å². The molecule has 1 aliphatic rings. The average Bonchev–Trinajstić information content (AvgIpc) is 1.99. The monoisotopic (exact) mass is 209 g/mol. The summed E-state index contributed by atoms with van der Waals surface area (Å²) < 4.78 is 0. The van der Waals surface area contributed by atoms with Crippen LogP contribution in [0, 0.1) is 16.7 Å². The minimum Gasteiger partial charge on any atom is -0.308 e. The highest BCUT2D eigenvalue weighted by atomic mass is 16.2. The number of carbonyl (C=O) groups excluding carboxylic acids is 2. The van der Waals surface area contributed by atoms with Gasteiger partial charge in [-0.1, -0.05) is 20.8 Å². The van der Waals surface area contributed by atoms with Gasteiger partial charge in [0.15, 0.2) is 0 Å². The maximum absolute atomic E-state index is 11.8. The van der Waals surface area contributed by atoms with Gasteiger partial charge in [-0.25, -0.2) is 0 Å². The Bertz CT molecular complexity index is 285. The van der Waals surface area contributed by atoms with Gasteiger partial charge in [0.1, 0.15) is 17.5 Å². The highest BCUT2D eigenvalue weighted by Crippen LogP contribution is 2.34. The van der Waals surface area contributed by atoms with Crippen LogP contribution in [0.5, 0.6) is 0 Å². The van der Waals surface area contributed by atoms with E-state index < -0.39 is 5.92 Å². The van der Waals surface area contributed by atoms with Crippen molar-refractivity contribution in [1.29, 1.82) is 5.41 Å². The van der Waals surface area contributed by atoms with Crippen LogP contribution >= 0.6 is 0 Å². The van der Waals surface area contributed by atoms with E-state index in [0.29, 0.717) is 25.0 Å². The first kappa shape index (κ1) is 12.1. The summed E-state index contributed by atoms with van der Waals surface area (Å²) in [5.41, 5.74) is 0.173. The van der Waals surface area contributed by atoms with Gasteiger partial charge >= 0.3 is 0 Å². The van der Waals surface area contributed by atoms with Crippen molar-refractivity contribution in [3.05, 3.63) is 0 Å². The molecule has 1 aliphatic carbocycles. The molecule has 3 heteroatoms. The van der Waals surface area contributed by atoms with E-state index in [1.54, 1.807) is 0 Å². The van der Waals surface area contributed by atoms with Crippen molar-refractivity contribution in [3.8, 4) is 0 Å². The molecule has 0 radical (unpaired) electrons. The standard InChI is InChI=1S/C12H19NO2/c1-4-5-9(14)11-8(13)6-12(2,3)7-10(11)15/h11,13H,4-7H2,1-3H3/t11-/m1/s1. The van der Waals surface area contributed by atoms with Crippen molar-refractivity contribution >= 4 is 17.3 Å². The fraction of sp³-hybridized carbons (Fsp3) is 0.750. The van der Waals surface area contributed by atoms with Crippen LogP contribution in [0.15, 0.2) is 0 Å². The molecule has 0 aromatic rings. The molecule has 0 amide bonds. The lowest BCUT2D eigenvalue weighted by Crippen LogP contribution is -2.41. The molecule has 1 rings (SSSR count). The van der Waals surface area contributed by atoms with Crippen LogP contribution < -0.4 is 0 Å². The molecule has 0 bridgehead atoms. The van der Waals surface area contributed by atoms with E-state index in [1.165, 1.54) is 0 Å². The molecule has 0 unspecified atom stereocenters. The Morgan fingerprint density at radius 3 is 2.53 bits per heavy atom. The molecule has 0 saturated heterocycles. The summed E-state index contributed by atoms with van der Waals surface area (Å²) in [6.45, 7) is 5.86. The molecule has 1 N–H and O–H groups in total. The number of hydrogen-bond donors (Lipinski definition) is 1. The Morgan fingerprint density at radius 2 is 2.07 bits per heavy atom. The number of hydrogen-bond acceptors (Lipinski definition) is 3. The molecular formula is C12H19NO2. The topological polar surface area (TPSA) is 58.0 Å². The normalized spacial score (nSPS) is 25.4. The first-order valence-corrected chi connectivity index (χ1v) is 5.50. The predicted molar refractivity (Wildman–Crippen MR) is 59.2 cm³/mol. The van der Waals surface area contributed by atoms with Crippen LogP contribution in [0.3, 0.4) is 0 Å². The lowest BCUT2D eigenvalue weighted by atomic mass is 9.69. The van der Waals surface area contributed by atoms with E-state index in [0.717, 1.165) is 6.42 Å². The number of carbonyl (C=O) groups is 2. The Kier molecular flexibility index (Phi) is 3.42. The van der Waals surface area contributed by atoms with E-state index >= 15 is 0 Å². The molecule has 1 saturated carbocycles. The Hall–Kier alpha value is -0.990. The maximum atomic E-state index is 11.8. The van der Waals surface area contributed by atoms with Crippen LogP contribution in [0.4, 0.5) is 0 Å². The fourth-order valence-corrected chi connectivity index (χ4v) is 2.21. The minimum absolute atomic E-state index is 0.0605. The third-order valence-corrected chi connectivity index (χ3v) is 2.81. The van der Waals surface area contributed by atoms with Crippen molar-refractivity contribution in [2.75, 3.05) is 0 Å². The molecule has 84 valence electrons. The van der Waals surface area contributed by atoms with Crippen molar-refractivity contribution in [3.63, 3.8) is 0 Å². The van der Waals surface area contributed by atoms with Crippen LogP contribution in [0.25, 0.3) is 0 Å². The van der Waals surface area contributed by atoms with Gasteiger partial charge in [0.05, 0.1) is 0 Å². The number of Topliss-reactive ketones (excluding diaryl/α,β-unsaturated/α-hetero) is 2. The minimum atomic E-state index is -0.724.